The van der Waals surface area contributed by atoms with Crippen molar-refractivity contribution in [3.8, 4) is 113 Å². The Morgan fingerprint density at radius 1 is 0.255 bits per heavy atom. The second kappa shape index (κ2) is 20.1. The summed E-state index contributed by atoms with van der Waals surface area (Å²) < 4.78 is 14.1. The fourth-order valence-corrected chi connectivity index (χ4v) is 16.1. The molecule has 0 bridgehead atoms. The highest BCUT2D eigenvalue weighted by molar-refractivity contribution is 6.03. The summed E-state index contributed by atoms with van der Waals surface area (Å²) in [7, 11) is 0. The molecule has 0 amide bonds. The minimum atomic E-state index is -0.614. The summed E-state index contributed by atoms with van der Waals surface area (Å²) in [5.41, 5.74) is 27.4. The van der Waals surface area contributed by atoms with Gasteiger partial charge in [0.25, 0.3) is 0 Å². The predicted octanol–water partition coefficient (Wildman–Crippen LogP) is 21.7. The maximum Gasteiger partial charge on any atom is 0.160 e. The first-order valence-electron chi connectivity index (χ1n) is 32.1. The first kappa shape index (κ1) is 52.4. The predicted molar refractivity (Wildman–Crippen MR) is 378 cm³/mol. The van der Waals surface area contributed by atoms with E-state index in [1.807, 2.05) is 18.3 Å². The lowest BCUT2D eigenvalue weighted by Crippen LogP contribution is -2.32. The van der Waals surface area contributed by atoms with E-state index in [-0.39, 0.29) is 0 Å². The molecule has 13 aromatic carbocycles. The molecule has 436 valence electrons. The molecule has 0 N–H and O–H groups in total. The lowest BCUT2D eigenvalue weighted by molar-refractivity contribution is 0.436. The zero-order chi connectivity index (χ0) is 61.6. The number of benzene rings is 13. The first-order valence-corrected chi connectivity index (χ1v) is 32.1. The van der Waals surface area contributed by atoms with E-state index in [1.165, 1.54) is 44.5 Å². The van der Waals surface area contributed by atoms with E-state index in [0.29, 0.717) is 5.82 Å². The molecule has 0 saturated carbocycles. The highest BCUT2D eigenvalue weighted by atomic mass is 16.5. The second-order valence-electron chi connectivity index (χ2n) is 25.1. The first-order chi connectivity index (χ1) is 46.5. The summed E-state index contributed by atoms with van der Waals surface area (Å²) in [6, 6.07) is 111. The standard InChI is InChI=1S/C88H52N4O2/c1-6-20-69-64(15-1)65-16-2-7-21-70(65)87(69)73-24-10-12-26-79(73)93-80-50-61(41-45-74(80)87)54-29-35-58(36-30-54)83-68-19-5-11-25-78(68)91-86(92-83)60-39-31-55(32-40-60)63-43-47-76-82(52-63)94-81-51-62(42-46-75(81)88(76)71-22-8-3-17-66(71)67-18-4-9-23-72(67)88)53-27-33-56(34-28-53)77-48-44-59-38-37-57-14-13-49-89-84(57)85(59)90-77/h1-52H. The molecule has 0 fully saturated rings. The SMILES string of the molecule is c1ccc2c(c1)Oc1cc(-c3ccc(-c4nc(-c5ccc(-c6ccc7c(c6)Oc6cc(-c8ccc(-c9ccc%10ccc%11cccnc%11c%10n9)cc8)ccc6C76c7ccccc7-c7ccccc76)cc5)nc5ccccc45)cc3)ccc1C21c2ccccc2-c2ccccc21. The van der Waals surface area contributed by atoms with Crippen LogP contribution in [0.1, 0.15) is 44.5 Å². The van der Waals surface area contributed by atoms with E-state index in [9.17, 15) is 0 Å². The number of hydrogen-bond donors (Lipinski definition) is 0. The average Bonchev–Trinajstić information content (AvgIpc) is 1.61. The molecule has 16 aromatic rings. The Hall–Kier alpha value is -12.4. The number of hydrogen-bond acceptors (Lipinski definition) is 6. The van der Waals surface area contributed by atoms with Crippen LogP contribution in [0, 0.1) is 0 Å². The maximum absolute atomic E-state index is 7.24. The van der Waals surface area contributed by atoms with Gasteiger partial charge in [0.1, 0.15) is 23.0 Å². The number of ether oxygens (including phenoxy) is 2. The molecule has 0 atom stereocenters. The van der Waals surface area contributed by atoms with Crippen molar-refractivity contribution >= 4 is 32.7 Å². The molecular formula is C88H52N4O2. The van der Waals surface area contributed by atoms with Crippen molar-refractivity contribution in [2.75, 3.05) is 0 Å². The molecule has 20 rings (SSSR count). The van der Waals surface area contributed by atoms with Gasteiger partial charge >= 0.3 is 0 Å². The van der Waals surface area contributed by atoms with Gasteiger partial charge in [-0.3, -0.25) is 4.98 Å². The Kier molecular flexibility index (Phi) is 11.2. The quantitative estimate of drug-likeness (QED) is 0.155. The molecule has 4 aliphatic rings. The zero-order valence-corrected chi connectivity index (χ0v) is 50.6. The van der Waals surface area contributed by atoms with Crippen molar-refractivity contribution in [2.24, 2.45) is 0 Å². The molecule has 5 heterocycles. The van der Waals surface area contributed by atoms with Crippen LogP contribution in [-0.4, -0.2) is 19.9 Å². The largest absolute Gasteiger partial charge is 0.457 e. The molecule has 94 heavy (non-hydrogen) atoms. The van der Waals surface area contributed by atoms with Gasteiger partial charge in [-0.25, -0.2) is 15.0 Å². The van der Waals surface area contributed by atoms with Crippen LogP contribution < -0.4 is 9.47 Å². The van der Waals surface area contributed by atoms with E-state index in [4.69, 9.17) is 29.4 Å². The molecule has 2 aliphatic carbocycles. The maximum atomic E-state index is 7.24. The van der Waals surface area contributed by atoms with E-state index < -0.39 is 10.8 Å². The smallest absolute Gasteiger partial charge is 0.160 e. The molecule has 0 radical (unpaired) electrons. The van der Waals surface area contributed by atoms with E-state index >= 15 is 0 Å². The molecule has 3 aromatic heterocycles. The Morgan fingerprint density at radius 3 is 1.20 bits per heavy atom. The van der Waals surface area contributed by atoms with Gasteiger partial charge in [-0.2, -0.15) is 0 Å². The van der Waals surface area contributed by atoms with Crippen molar-refractivity contribution in [3.63, 3.8) is 0 Å². The minimum absolute atomic E-state index is 0.507. The molecule has 0 unspecified atom stereocenters. The fraction of sp³-hybridized carbons (Fsp3) is 0.0227. The van der Waals surface area contributed by atoms with Crippen molar-refractivity contribution < 1.29 is 9.47 Å². The van der Waals surface area contributed by atoms with Gasteiger partial charge in [0, 0.05) is 61.3 Å². The normalized spacial score (nSPS) is 13.7. The summed E-state index contributed by atoms with van der Waals surface area (Å²) in [4.78, 5) is 20.4. The highest BCUT2D eigenvalue weighted by Gasteiger charge is 2.52. The van der Waals surface area contributed by atoms with Gasteiger partial charge in [0.15, 0.2) is 5.82 Å². The Bertz CT molecular complexity index is 5780. The van der Waals surface area contributed by atoms with Crippen LogP contribution in [0.15, 0.2) is 316 Å². The minimum Gasteiger partial charge on any atom is -0.457 e. The van der Waals surface area contributed by atoms with Gasteiger partial charge in [0.05, 0.1) is 38.8 Å². The van der Waals surface area contributed by atoms with Gasteiger partial charge in [0.2, 0.25) is 0 Å². The summed E-state index contributed by atoms with van der Waals surface area (Å²) in [5.74, 6) is 4.06. The van der Waals surface area contributed by atoms with Crippen molar-refractivity contribution in [1.82, 2.24) is 19.9 Å². The van der Waals surface area contributed by atoms with Crippen molar-refractivity contribution in [1.29, 1.82) is 0 Å². The number of rotatable bonds is 6. The Balaban J connectivity index is 0.629. The van der Waals surface area contributed by atoms with Crippen LogP contribution in [0.2, 0.25) is 0 Å². The van der Waals surface area contributed by atoms with Gasteiger partial charge < -0.3 is 9.47 Å². The molecular weight excluding hydrogens is 1140 g/mol. The third-order valence-electron chi connectivity index (χ3n) is 20.3. The van der Waals surface area contributed by atoms with Gasteiger partial charge in [-0.1, -0.05) is 267 Å². The average molecular weight is 1200 g/mol. The number of aromatic nitrogens is 4. The molecule has 0 saturated heterocycles. The summed E-state index contributed by atoms with van der Waals surface area (Å²) >= 11 is 0. The third kappa shape index (κ3) is 7.53. The lowest BCUT2D eigenvalue weighted by atomic mass is 9.65. The van der Waals surface area contributed by atoms with Gasteiger partial charge in [-0.05, 0) is 120 Å². The highest BCUT2D eigenvalue weighted by Crippen LogP contribution is 2.64. The monoisotopic (exact) mass is 1200 g/mol. The van der Waals surface area contributed by atoms with Gasteiger partial charge in [-0.15, -0.1) is 0 Å². The van der Waals surface area contributed by atoms with E-state index in [0.717, 1.165) is 139 Å². The number of para-hydroxylation sites is 2. The molecule has 2 aliphatic heterocycles. The number of fused-ring (bicyclic) bond motifs is 22. The fourth-order valence-electron chi connectivity index (χ4n) is 16.1. The van der Waals surface area contributed by atoms with Crippen LogP contribution in [0.25, 0.3) is 122 Å². The molecule has 2 spiro atoms. The Labute approximate surface area is 542 Å². The van der Waals surface area contributed by atoms with Crippen LogP contribution in [0.4, 0.5) is 0 Å². The number of pyridine rings is 2. The lowest BCUT2D eigenvalue weighted by Gasteiger charge is -2.39. The summed E-state index contributed by atoms with van der Waals surface area (Å²) in [6.07, 6.45) is 1.84. The van der Waals surface area contributed by atoms with Crippen LogP contribution >= 0.6 is 0 Å². The summed E-state index contributed by atoms with van der Waals surface area (Å²) in [5, 5.41) is 3.14. The van der Waals surface area contributed by atoms with Crippen LogP contribution in [0.3, 0.4) is 0 Å². The zero-order valence-electron chi connectivity index (χ0n) is 50.6. The van der Waals surface area contributed by atoms with Crippen molar-refractivity contribution in [3.05, 3.63) is 360 Å². The van der Waals surface area contributed by atoms with Crippen LogP contribution in [-0.2, 0) is 10.8 Å². The van der Waals surface area contributed by atoms with Crippen LogP contribution in [0.5, 0.6) is 23.0 Å². The van der Waals surface area contributed by atoms with Crippen molar-refractivity contribution in [2.45, 2.75) is 10.8 Å². The summed E-state index contributed by atoms with van der Waals surface area (Å²) in [6.45, 7) is 0. The molecule has 6 nitrogen and oxygen atoms in total. The van der Waals surface area contributed by atoms with E-state index in [1.54, 1.807) is 0 Å². The molecule has 6 heteroatoms. The topological polar surface area (TPSA) is 70.0 Å². The Morgan fingerprint density at radius 2 is 0.660 bits per heavy atom. The second-order valence-corrected chi connectivity index (χ2v) is 25.1. The number of nitrogens with zero attached hydrogens (tertiary/aromatic N) is 4. The third-order valence-corrected chi connectivity index (χ3v) is 20.3. The van der Waals surface area contributed by atoms with E-state index in [2.05, 4.69) is 297 Å².